The molecule has 2 aliphatic heterocycles. The van der Waals surface area contributed by atoms with E-state index in [9.17, 15) is 4.79 Å². The van der Waals surface area contributed by atoms with Crippen molar-refractivity contribution >= 4 is 6.03 Å². The molecule has 0 aromatic carbocycles. The second kappa shape index (κ2) is 5.01. The van der Waals surface area contributed by atoms with Gasteiger partial charge in [-0.25, -0.2) is 4.79 Å². The van der Waals surface area contributed by atoms with Gasteiger partial charge in [-0.3, -0.25) is 0 Å². The first kappa shape index (κ1) is 11.7. The number of ether oxygens (including phenoxy) is 1. The SMILES string of the molecule is CC1CCN(C(=O)NC2CCOC2)C1CN. The van der Waals surface area contributed by atoms with Gasteiger partial charge in [-0.2, -0.15) is 0 Å². The quantitative estimate of drug-likeness (QED) is 0.706. The lowest BCUT2D eigenvalue weighted by molar-refractivity contribution is 0.173. The van der Waals surface area contributed by atoms with Crippen LogP contribution in [0.2, 0.25) is 0 Å². The van der Waals surface area contributed by atoms with Gasteiger partial charge in [0, 0.05) is 25.7 Å². The van der Waals surface area contributed by atoms with Crippen molar-refractivity contribution in [2.45, 2.75) is 31.8 Å². The summed E-state index contributed by atoms with van der Waals surface area (Å²) in [6.07, 6.45) is 1.97. The molecule has 5 nitrogen and oxygen atoms in total. The third kappa shape index (κ3) is 2.30. The topological polar surface area (TPSA) is 67.6 Å². The number of rotatable bonds is 2. The molecular formula is C11H21N3O2. The Hall–Kier alpha value is -0.810. The molecule has 3 atom stereocenters. The monoisotopic (exact) mass is 227 g/mol. The Kier molecular flexibility index (Phi) is 3.66. The van der Waals surface area contributed by atoms with Crippen LogP contribution in [0.25, 0.3) is 0 Å². The van der Waals surface area contributed by atoms with E-state index in [1.165, 1.54) is 0 Å². The van der Waals surface area contributed by atoms with Crippen LogP contribution in [0.1, 0.15) is 19.8 Å². The summed E-state index contributed by atoms with van der Waals surface area (Å²) in [6, 6.07) is 0.402. The molecular weight excluding hydrogens is 206 g/mol. The summed E-state index contributed by atoms with van der Waals surface area (Å²) in [5, 5.41) is 3.01. The third-order valence-electron chi connectivity index (χ3n) is 3.64. The lowest BCUT2D eigenvalue weighted by Gasteiger charge is -2.27. The molecule has 92 valence electrons. The first-order valence-electron chi connectivity index (χ1n) is 6.07. The van der Waals surface area contributed by atoms with Crippen molar-refractivity contribution in [1.82, 2.24) is 10.2 Å². The largest absolute Gasteiger partial charge is 0.379 e. The Labute approximate surface area is 96.3 Å². The predicted octanol–water partition coefficient (Wildman–Crippen LogP) is 0.154. The molecule has 0 bridgehead atoms. The van der Waals surface area contributed by atoms with Gasteiger partial charge in [-0.05, 0) is 18.8 Å². The van der Waals surface area contributed by atoms with Crippen molar-refractivity contribution in [3.05, 3.63) is 0 Å². The maximum atomic E-state index is 12.0. The second-order valence-corrected chi connectivity index (χ2v) is 4.77. The van der Waals surface area contributed by atoms with Gasteiger partial charge in [0.1, 0.15) is 0 Å². The normalized spacial score (nSPS) is 34.4. The highest BCUT2D eigenvalue weighted by Gasteiger charge is 2.34. The standard InChI is InChI=1S/C11H21N3O2/c1-8-2-4-14(10(8)6-12)11(15)13-9-3-5-16-7-9/h8-10H,2-7,12H2,1H3,(H,13,15). The summed E-state index contributed by atoms with van der Waals surface area (Å²) < 4.78 is 5.24. The molecule has 2 saturated heterocycles. The molecule has 16 heavy (non-hydrogen) atoms. The number of likely N-dealkylation sites (tertiary alicyclic amines) is 1. The van der Waals surface area contributed by atoms with Crippen molar-refractivity contribution in [2.75, 3.05) is 26.3 Å². The average molecular weight is 227 g/mol. The molecule has 0 aliphatic carbocycles. The van der Waals surface area contributed by atoms with Gasteiger partial charge < -0.3 is 20.7 Å². The number of nitrogens with one attached hydrogen (secondary N) is 1. The molecule has 3 unspecified atom stereocenters. The van der Waals surface area contributed by atoms with Gasteiger partial charge in [0.05, 0.1) is 12.6 Å². The molecule has 2 heterocycles. The molecule has 2 fully saturated rings. The van der Waals surface area contributed by atoms with Crippen LogP contribution < -0.4 is 11.1 Å². The van der Waals surface area contributed by atoms with Crippen molar-refractivity contribution in [3.63, 3.8) is 0 Å². The summed E-state index contributed by atoms with van der Waals surface area (Å²) in [4.78, 5) is 13.9. The minimum Gasteiger partial charge on any atom is -0.379 e. The van der Waals surface area contributed by atoms with Crippen LogP contribution in [-0.2, 0) is 4.74 Å². The first-order chi connectivity index (χ1) is 7.72. The Morgan fingerprint density at radius 3 is 3.00 bits per heavy atom. The lowest BCUT2D eigenvalue weighted by Crippen LogP contribution is -2.50. The summed E-state index contributed by atoms with van der Waals surface area (Å²) in [7, 11) is 0. The van der Waals surface area contributed by atoms with Crippen molar-refractivity contribution in [3.8, 4) is 0 Å². The van der Waals surface area contributed by atoms with Crippen LogP contribution in [0.3, 0.4) is 0 Å². The van der Waals surface area contributed by atoms with Crippen LogP contribution in [0.15, 0.2) is 0 Å². The summed E-state index contributed by atoms with van der Waals surface area (Å²) >= 11 is 0. The van der Waals surface area contributed by atoms with E-state index >= 15 is 0 Å². The van der Waals surface area contributed by atoms with E-state index in [2.05, 4.69) is 12.2 Å². The van der Waals surface area contributed by atoms with E-state index < -0.39 is 0 Å². The van der Waals surface area contributed by atoms with Crippen LogP contribution in [0, 0.1) is 5.92 Å². The molecule has 0 aromatic heterocycles. The van der Waals surface area contributed by atoms with Gasteiger partial charge in [-0.15, -0.1) is 0 Å². The zero-order valence-electron chi connectivity index (χ0n) is 9.82. The van der Waals surface area contributed by atoms with E-state index in [0.29, 0.717) is 19.1 Å². The smallest absolute Gasteiger partial charge is 0.317 e. The number of urea groups is 1. The zero-order chi connectivity index (χ0) is 11.5. The third-order valence-corrected chi connectivity index (χ3v) is 3.64. The Morgan fingerprint density at radius 1 is 1.56 bits per heavy atom. The van der Waals surface area contributed by atoms with Crippen LogP contribution in [-0.4, -0.2) is 49.3 Å². The van der Waals surface area contributed by atoms with Gasteiger partial charge in [0.2, 0.25) is 0 Å². The van der Waals surface area contributed by atoms with Crippen LogP contribution in [0.5, 0.6) is 0 Å². The van der Waals surface area contributed by atoms with Gasteiger partial charge >= 0.3 is 6.03 Å². The number of hydrogen-bond donors (Lipinski definition) is 2. The number of hydrogen-bond acceptors (Lipinski definition) is 3. The van der Waals surface area contributed by atoms with Crippen molar-refractivity contribution in [2.24, 2.45) is 11.7 Å². The Bertz CT molecular complexity index is 254. The molecule has 2 aliphatic rings. The number of carbonyl (C=O) groups is 1. The Balaban J connectivity index is 1.88. The van der Waals surface area contributed by atoms with E-state index in [0.717, 1.165) is 26.0 Å². The van der Waals surface area contributed by atoms with Crippen LogP contribution >= 0.6 is 0 Å². The van der Waals surface area contributed by atoms with E-state index in [1.807, 2.05) is 4.90 Å². The predicted molar refractivity (Wildman–Crippen MR) is 61.1 cm³/mol. The molecule has 2 rings (SSSR count). The fourth-order valence-corrected chi connectivity index (χ4v) is 2.53. The maximum absolute atomic E-state index is 12.0. The molecule has 0 aromatic rings. The second-order valence-electron chi connectivity index (χ2n) is 4.77. The molecule has 0 radical (unpaired) electrons. The highest BCUT2D eigenvalue weighted by Crippen LogP contribution is 2.23. The highest BCUT2D eigenvalue weighted by molar-refractivity contribution is 5.75. The number of nitrogens with two attached hydrogens (primary N) is 1. The highest BCUT2D eigenvalue weighted by atomic mass is 16.5. The number of amides is 2. The molecule has 5 heteroatoms. The van der Waals surface area contributed by atoms with E-state index in [1.54, 1.807) is 0 Å². The maximum Gasteiger partial charge on any atom is 0.317 e. The fraction of sp³-hybridized carbons (Fsp3) is 0.909. The number of nitrogens with zero attached hydrogens (tertiary/aromatic N) is 1. The summed E-state index contributed by atoms with van der Waals surface area (Å²) in [5.74, 6) is 0.510. The van der Waals surface area contributed by atoms with Crippen LogP contribution in [0.4, 0.5) is 4.79 Å². The fourth-order valence-electron chi connectivity index (χ4n) is 2.53. The van der Waals surface area contributed by atoms with Gasteiger partial charge in [-0.1, -0.05) is 6.92 Å². The average Bonchev–Trinajstić information content (AvgIpc) is 2.87. The molecule has 0 spiro atoms. The van der Waals surface area contributed by atoms with Crippen molar-refractivity contribution < 1.29 is 9.53 Å². The first-order valence-corrected chi connectivity index (χ1v) is 6.07. The summed E-state index contributed by atoms with van der Waals surface area (Å²) in [6.45, 7) is 4.92. The van der Waals surface area contributed by atoms with E-state index in [-0.39, 0.29) is 18.1 Å². The minimum absolute atomic E-state index is 0.0234. The van der Waals surface area contributed by atoms with E-state index in [4.69, 9.17) is 10.5 Å². The van der Waals surface area contributed by atoms with Crippen molar-refractivity contribution in [1.29, 1.82) is 0 Å². The molecule has 0 saturated carbocycles. The zero-order valence-corrected chi connectivity index (χ0v) is 9.82. The minimum atomic E-state index is 0.0234. The number of carbonyl (C=O) groups excluding carboxylic acids is 1. The summed E-state index contributed by atoms with van der Waals surface area (Å²) in [5.41, 5.74) is 5.71. The molecule has 2 amide bonds. The molecule has 3 N–H and O–H groups in total. The Morgan fingerprint density at radius 2 is 2.38 bits per heavy atom. The van der Waals surface area contributed by atoms with Gasteiger partial charge in [0.25, 0.3) is 0 Å². The lowest BCUT2D eigenvalue weighted by atomic mass is 10.0. The van der Waals surface area contributed by atoms with Gasteiger partial charge in [0.15, 0.2) is 0 Å².